The zero-order chi connectivity index (χ0) is 14.1. The van der Waals surface area contributed by atoms with Crippen LogP contribution >= 0.6 is 11.3 Å². The van der Waals surface area contributed by atoms with E-state index >= 15 is 0 Å². The Morgan fingerprint density at radius 3 is 2.75 bits per heavy atom. The summed E-state index contributed by atoms with van der Waals surface area (Å²) in [5.41, 5.74) is 1.04. The monoisotopic (exact) mass is 309 g/mol. The minimum absolute atomic E-state index is 0.0579. The fraction of sp³-hybridized carbons (Fsp3) is 0.357. The molecule has 0 amide bonds. The molecular formula is C14H15NO3S2. The predicted molar refractivity (Wildman–Crippen MR) is 83.5 cm³/mol. The first-order chi connectivity index (χ1) is 9.65. The van der Waals surface area contributed by atoms with Gasteiger partial charge in [-0.1, -0.05) is 11.3 Å². The van der Waals surface area contributed by atoms with Gasteiger partial charge in [0.1, 0.15) is 6.26 Å². The molecule has 0 bridgehead atoms. The van der Waals surface area contributed by atoms with E-state index in [1.54, 1.807) is 6.26 Å². The van der Waals surface area contributed by atoms with Crippen molar-refractivity contribution in [1.82, 2.24) is 0 Å². The summed E-state index contributed by atoms with van der Waals surface area (Å²) < 4.78 is 18.5. The highest BCUT2D eigenvalue weighted by atomic mass is 32.2. The lowest BCUT2D eigenvalue weighted by Gasteiger charge is -2.28. The highest BCUT2D eigenvalue weighted by Crippen LogP contribution is 2.27. The molecule has 0 spiro atoms. The summed E-state index contributed by atoms with van der Waals surface area (Å²) in [5.74, 6) is 0. The fourth-order valence-corrected chi connectivity index (χ4v) is 4.13. The molecule has 4 nitrogen and oxygen atoms in total. The number of rotatable bonds is 2. The summed E-state index contributed by atoms with van der Waals surface area (Å²) in [6.45, 7) is 3.18. The van der Waals surface area contributed by atoms with Gasteiger partial charge in [-0.05, 0) is 29.4 Å². The highest BCUT2D eigenvalue weighted by Gasteiger charge is 2.14. The molecule has 0 aliphatic carbocycles. The SMILES string of the molecule is C[S+]([O-])c1cc(=O)c2ccc(N3CCOCC3)cc2s1. The number of anilines is 1. The van der Waals surface area contributed by atoms with Crippen LogP contribution in [0.4, 0.5) is 5.69 Å². The van der Waals surface area contributed by atoms with Crippen molar-refractivity contribution in [2.45, 2.75) is 4.21 Å². The number of morpholine rings is 1. The topological polar surface area (TPSA) is 52.6 Å². The molecule has 2 aromatic rings. The zero-order valence-corrected chi connectivity index (χ0v) is 12.8. The second-order valence-corrected chi connectivity index (χ2v) is 7.35. The van der Waals surface area contributed by atoms with Crippen molar-refractivity contribution in [3.05, 3.63) is 34.5 Å². The molecule has 0 saturated carbocycles. The van der Waals surface area contributed by atoms with Gasteiger partial charge in [0.05, 0.1) is 19.3 Å². The maximum atomic E-state index is 12.0. The molecule has 0 radical (unpaired) electrons. The average molecular weight is 309 g/mol. The second-order valence-electron chi connectivity index (χ2n) is 4.66. The van der Waals surface area contributed by atoms with Gasteiger partial charge in [-0.15, -0.1) is 0 Å². The molecule has 1 saturated heterocycles. The van der Waals surface area contributed by atoms with E-state index in [1.165, 1.54) is 17.4 Å². The summed E-state index contributed by atoms with van der Waals surface area (Å²) in [7, 11) is 0. The van der Waals surface area contributed by atoms with Crippen molar-refractivity contribution in [3.8, 4) is 0 Å². The third-order valence-electron chi connectivity index (χ3n) is 3.35. The Kier molecular flexibility index (Phi) is 3.98. The first-order valence-corrected chi connectivity index (χ1v) is 8.76. The number of nitrogens with zero attached hydrogens (tertiary/aromatic N) is 1. The van der Waals surface area contributed by atoms with E-state index in [0.717, 1.165) is 36.7 Å². The standard InChI is InChI=1S/C14H15NO3S2/c1-20(17)14-9-12(16)11-3-2-10(8-13(11)19-14)15-4-6-18-7-5-15/h2-3,8-9H,4-7H2,1H3. The van der Waals surface area contributed by atoms with Crippen LogP contribution < -0.4 is 10.3 Å². The molecule has 6 heteroatoms. The van der Waals surface area contributed by atoms with Crippen LogP contribution in [-0.4, -0.2) is 37.1 Å². The minimum atomic E-state index is -1.12. The summed E-state index contributed by atoms with van der Waals surface area (Å²) in [4.78, 5) is 14.3. The summed E-state index contributed by atoms with van der Waals surface area (Å²) in [6, 6.07) is 7.34. The Labute approximate surface area is 124 Å². The zero-order valence-electron chi connectivity index (χ0n) is 11.1. The van der Waals surface area contributed by atoms with E-state index < -0.39 is 11.2 Å². The molecule has 1 aromatic carbocycles. The van der Waals surface area contributed by atoms with Crippen LogP contribution in [0.15, 0.2) is 33.3 Å². The van der Waals surface area contributed by atoms with Gasteiger partial charge in [0, 0.05) is 28.9 Å². The van der Waals surface area contributed by atoms with Crippen LogP contribution in [0, 0.1) is 0 Å². The van der Waals surface area contributed by atoms with Gasteiger partial charge in [-0.25, -0.2) is 0 Å². The molecule has 1 aromatic heterocycles. The highest BCUT2D eigenvalue weighted by molar-refractivity contribution is 7.92. The Hall–Kier alpha value is -1.08. The largest absolute Gasteiger partial charge is 0.611 e. The lowest BCUT2D eigenvalue weighted by Crippen LogP contribution is -2.36. The van der Waals surface area contributed by atoms with Gasteiger partial charge in [0.2, 0.25) is 4.21 Å². The molecule has 0 N–H and O–H groups in total. The van der Waals surface area contributed by atoms with Gasteiger partial charge in [-0.2, -0.15) is 0 Å². The molecule has 1 atom stereocenters. The Bertz CT molecular complexity index is 678. The Morgan fingerprint density at radius 2 is 2.05 bits per heavy atom. The number of fused-ring (bicyclic) bond motifs is 1. The predicted octanol–water partition coefficient (Wildman–Crippen LogP) is 1.84. The van der Waals surface area contributed by atoms with Crippen molar-refractivity contribution < 1.29 is 9.29 Å². The van der Waals surface area contributed by atoms with Gasteiger partial charge in [0.25, 0.3) is 0 Å². The van der Waals surface area contributed by atoms with Crippen molar-refractivity contribution >= 4 is 38.3 Å². The second kappa shape index (κ2) is 5.73. The molecule has 1 fully saturated rings. The van der Waals surface area contributed by atoms with Crippen LogP contribution in [0.2, 0.25) is 0 Å². The van der Waals surface area contributed by atoms with Crippen molar-refractivity contribution in [1.29, 1.82) is 0 Å². The fourth-order valence-electron chi connectivity index (χ4n) is 2.28. The lowest BCUT2D eigenvalue weighted by atomic mass is 10.2. The lowest BCUT2D eigenvalue weighted by molar-refractivity contribution is 0.122. The first kappa shape index (κ1) is 13.9. The van der Waals surface area contributed by atoms with E-state index in [9.17, 15) is 9.35 Å². The Balaban J connectivity index is 2.06. The quantitative estimate of drug-likeness (QED) is 0.794. The number of ether oxygens (including phenoxy) is 1. The average Bonchev–Trinajstić information content (AvgIpc) is 2.47. The van der Waals surface area contributed by atoms with Crippen molar-refractivity contribution in [3.63, 3.8) is 0 Å². The number of hydrogen-bond donors (Lipinski definition) is 0. The van der Waals surface area contributed by atoms with Crippen molar-refractivity contribution in [2.24, 2.45) is 0 Å². The van der Waals surface area contributed by atoms with Gasteiger partial charge >= 0.3 is 0 Å². The van der Waals surface area contributed by atoms with Gasteiger partial charge in [0.15, 0.2) is 5.43 Å². The third-order valence-corrected chi connectivity index (χ3v) is 5.87. The summed E-state index contributed by atoms with van der Waals surface area (Å²) in [6.07, 6.45) is 1.60. The summed E-state index contributed by atoms with van der Waals surface area (Å²) >= 11 is 0.308. The maximum absolute atomic E-state index is 12.0. The van der Waals surface area contributed by atoms with Crippen LogP contribution in [0.3, 0.4) is 0 Å². The number of hydrogen-bond acceptors (Lipinski definition) is 5. The maximum Gasteiger partial charge on any atom is 0.210 e. The first-order valence-electron chi connectivity index (χ1n) is 6.39. The molecule has 2 heterocycles. The van der Waals surface area contributed by atoms with Gasteiger partial charge < -0.3 is 14.2 Å². The van der Waals surface area contributed by atoms with Crippen molar-refractivity contribution in [2.75, 3.05) is 37.5 Å². The molecule has 1 unspecified atom stereocenters. The van der Waals surface area contributed by atoms with E-state index in [-0.39, 0.29) is 5.43 Å². The minimum Gasteiger partial charge on any atom is -0.611 e. The van der Waals surface area contributed by atoms with E-state index in [0.29, 0.717) is 9.60 Å². The molecule has 20 heavy (non-hydrogen) atoms. The molecule has 1 aliphatic heterocycles. The third kappa shape index (κ3) is 2.69. The smallest absolute Gasteiger partial charge is 0.210 e. The van der Waals surface area contributed by atoms with Crippen LogP contribution in [0.1, 0.15) is 0 Å². The normalized spacial score (nSPS) is 17.4. The van der Waals surface area contributed by atoms with E-state index in [2.05, 4.69) is 4.90 Å². The van der Waals surface area contributed by atoms with E-state index in [4.69, 9.17) is 4.74 Å². The molecule has 106 valence electrons. The Morgan fingerprint density at radius 1 is 1.30 bits per heavy atom. The van der Waals surface area contributed by atoms with E-state index in [1.807, 2.05) is 18.2 Å². The molecular weight excluding hydrogens is 294 g/mol. The van der Waals surface area contributed by atoms with Crippen LogP contribution in [0.5, 0.6) is 0 Å². The summed E-state index contributed by atoms with van der Waals surface area (Å²) in [5, 5.41) is 0.696. The molecule has 3 rings (SSSR count). The molecule has 1 aliphatic rings. The van der Waals surface area contributed by atoms with Gasteiger partial charge in [-0.3, -0.25) is 4.79 Å². The van der Waals surface area contributed by atoms with Crippen LogP contribution in [-0.2, 0) is 15.9 Å². The van der Waals surface area contributed by atoms with Crippen LogP contribution in [0.25, 0.3) is 10.1 Å². The number of benzene rings is 1.